The molecule has 1 aliphatic rings. The van der Waals surface area contributed by atoms with Crippen LogP contribution in [0.3, 0.4) is 0 Å². The lowest BCUT2D eigenvalue weighted by Gasteiger charge is -2.31. The average Bonchev–Trinajstić information content (AvgIpc) is 1.78. The number of thiol groups is 1. The van der Waals surface area contributed by atoms with Crippen molar-refractivity contribution in [3.05, 3.63) is 0 Å². The third-order valence-electron chi connectivity index (χ3n) is 2.29. The van der Waals surface area contributed by atoms with Crippen LogP contribution in [-0.2, 0) is 0 Å². The Morgan fingerprint density at radius 1 is 1.56 bits per heavy atom. The van der Waals surface area contributed by atoms with Gasteiger partial charge >= 0.3 is 0 Å². The zero-order valence-corrected chi connectivity index (χ0v) is 6.48. The molecule has 0 saturated heterocycles. The summed E-state index contributed by atoms with van der Waals surface area (Å²) >= 11 is 4.16. The van der Waals surface area contributed by atoms with Gasteiger partial charge in [0.25, 0.3) is 0 Å². The highest BCUT2D eigenvalue weighted by Crippen LogP contribution is 2.33. The summed E-state index contributed by atoms with van der Waals surface area (Å²) in [5, 5.41) is 8.81. The largest absolute Gasteiger partial charge is 0.396 e. The fourth-order valence-electron chi connectivity index (χ4n) is 1.27. The number of hydrogen-bond donors (Lipinski definition) is 2. The number of rotatable bonds is 3. The molecule has 54 valence electrons. The zero-order chi connectivity index (χ0) is 6.69. The lowest BCUT2D eigenvalue weighted by molar-refractivity contribution is 0.140. The van der Waals surface area contributed by atoms with Gasteiger partial charge in [-0.15, -0.1) is 0 Å². The highest BCUT2D eigenvalue weighted by Gasteiger charge is 2.25. The molecule has 1 aliphatic carbocycles. The number of hydrogen-bond acceptors (Lipinski definition) is 2. The van der Waals surface area contributed by atoms with Crippen molar-refractivity contribution in [2.24, 2.45) is 11.8 Å². The van der Waals surface area contributed by atoms with Crippen LogP contribution in [-0.4, -0.2) is 17.5 Å². The lowest BCUT2D eigenvalue weighted by Crippen LogP contribution is -2.25. The monoisotopic (exact) mass is 146 g/mol. The Hall–Kier alpha value is 0.310. The van der Waals surface area contributed by atoms with Crippen LogP contribution in [0.1, 0.15) is 19.3 Å². The number of aliphatic hydroxyl groups is 1. The molecule has 0 bridgehead atoms. The van der Waals surface area contributed by atoms with E-state index in [4.69, 9.17) is 5.11 Å². The van der Waals surface area contributed by atoms with Crippen molar-refractivity contribution in [1.29, 1.82) is 0 Å². The van der Waals surface area contributed by atoms with E-state index in [1.165, 1.54) is 19.3 Å². The molecule has 0 aromatic rings. The lowest BCUT2D eigenvalue weighted by atomic mass is 9.77. The van der Waals surface area contributed by atoms with E-state index in [1.54, 1.807) is 0 Å². The summed E-state index contributed by atoms with van der Waals surface area (Å²) in [5.74, 6) is 2.11. The molecule has 0 amide bonds. The molecule has 1 rings (SSSR count). The van der Waals surface area contributed by atoms with Crippen LogP contribution in [0.15, 0.2) is 0 Å². The second kappa shape index (κ2) is 3.47. The average molecular weight is 146 g/mol. The Kier molecular flexibility index (Phi) is 2.86. The van der Waals surface area contributed by atoms with Crippen LogP contribution < -0.4 is 0 Å². The van der Waals surface area contributed by atoms with Crippen LogP contribution in [0.25, 0.3) is 0 Å². The standard InChI is InChI=1S/C7H14OS/c8-4-7(5-9)6-2-1-3-6/h6-9H,1-5H2. The van der Waals surface area contributed by atoms with Crippen LogP contribution >= 0.6 is 12.6 Å². The SMILES string of the molecule is OCC(CS)C1CCC1. The molecule has 1 unspecified atom stereocenters. The highest BCUT2D eigenvalue weighted by atomic mass is 32.1. The topological polar surface area (TPSA) is 20.2 Å². The van der Waals surface area contributed by atoms with E-state index >= 15 is 0 Å². The second-order valence-corrected chi connectivity index (χ2v) is 3.18. The fraction of sp³-hybridized carbons (Fsp3) is 1.00. The molecule has 0 radical (unpaired) electrons. The maximum Gasteiger partial charge on any atom is 0.0469 e. The van der Waals surface area contributed by atoms with Crippen molar-refractivity contribution in [3.63, 3.8) is 0 Å². The van der Waals surface area contributed by atoms with Gasteiger partial charge < -0.3 is 5.11 Å². The van der Waals surface area contributed by atoms with E-state index in [0.717, 1.165) is 11.7 Å². The molecule has 1 fully saturated rings. The van der Waals surface area contributed by atoms with Crippen molar-refractivity contribution in [3.8, 4) is 0 Å². The quantitative estimate of drug-likeness (QED) is 0.575. The van der Waals surface area contributed by atoms with Gasteiger partial charge in [0.15, 0.2) is 0 Å². The smallest absolute Gasteiger partial charge is 0.0469 e. The first-order chi connectivity index (χ1) is 4.38. The summed E-state index contributed by atoms with van der Waals surface area (Å²) in [4.78, 5) is 0. The first-order valence-electron chi connectivity index (χ1n) is 3.60. The number of aliphatic hydroxyl groups excluding tert-OH is 1. The van der Waals surface area contributed by atoms with Crippen LogP contribution in [0, 0.1) is 11.8 Å². The summed E-state index contributed by atoms with van der Waals surface area (Å²) in [6.45, 7) is 0.328. The van der Waals surface area contributed by atoms with E-state index in [9.17, 15) is 0 Å². The molecule has 1 saturated carbocycles. The Balaban J connectivity index is 2.19. The van der Waals surface area contributed by atoms with Gasteiger partial charge in [-0.1, -0.05) is 19.3 Å². The van der Waals surface area contributed by atoms with Crippen molar-refractivity contribution in [2.75, 3.05) is 12.4 Å². The van der Waals surface area contributed by atoms with Gasteiger partial charge in [-0.25, -0.2) is 0 Å². The molecule has 9 heavy (non-hydrogen) atoms. The molecule has 2 heteroatoms. The molecule has 1 atom stereocenters. The van der Waals surface area contributed by atoms with Crippen LogP contribution in [0.2, 0.25) is 0 Å². The third-order valence-corrected chi connectivity index (χ3v) is 2.75. The molecule has 1 nitrogen and oxygen atoms in total. The second-order valence-electron chi connectivity index (χ2n) is 2.82. The molecule has 0 aromatic heterocycles. The van der Waals surface area contributed by atoms with Gasteiger partial charge in [-0.05, 0) is 17.6 Å². The maximum atomic E-state index is 8.81. The van der Waals surface area contributed by atoms with Gasteiger partial charge in [0.1, 0.15) is 0 Å². The Morgan fingerprint density at radius 3 is 2.33 bits per heavy atom. The minimum absolute atomic E-state index is 0.328. The van der Waals surface area contributed by atoms with E-state index in [2.05, 4.69) is 12.6 Å². The summed E-state index contributed by atoms with van der Waals surface area (Å²) in [5.41, 5.74) is 0. The predicted molar refractivity (Wildman–Crippen MR) is 41.8 cm³/mol. The Bertz CT molecular complexity index is 77.0. The van der Waals surface area contributed by atoms with E-state index in [-0.39, 0.29) is 0 Å². The van der Waals surface area contributed by atoms with Crippen molar-refractivity contribution in [1.82, 2.24) is 0 Å². The van der Waals surface area contributed by atoms with Gasteiger partial charge in [0, 0.05) is 6.61 Å². The first-order valence-corrected chi connectivity index (χ1v) is 4.23. The minimum Gasteiger partial charge on any atom is -0.396 e. The summed E-state index contributed by atoms with van der Waals surface area (Å²) in [6, 6.07) is 0. The van der Waals surface area contributed by atoms with E-state index in [1.807, 2.05) is 0 Å². The molecule has 0 aliphatic heterocycles. The van der Waals surface area contributed by atoms with Gasteiger partial charge in [0.2, 0.25) is 0 Å². The van der Waals surface area contributed by atoms with Crippen molar-refractivity contribution < 1.29 is 5.11 Å². The molecule has 0 heterocycles. The first kappa shape index (κ1) is 7.42. The van der Waals surface area contributed by atoms with Gasteiger partial charge in [-0.3, -0.25) is 0 Å². The molecular formula is C7H14OS. The summed E-state index contributed by atoms with van der Waals surface area (Å²) in [6.07, 6.45) is 3.98. The summed E-state index contributed by atoms with van der Waals surface area (Å²) in [7, 11) is 0. The molecule has 0 spiro atoms. The van der Waals surface area contributed by atoms with E-state index < -0.39 is 0 Å². The normalized spacial score (nSPS) is 23.3. The predicted octanol–water partition coefficient (Wildman–Crippen LogP) is 1.32. The Labute approximate surface area is 61.9 Å². The van der Waals surface area contributed by atoms with E-state index in [0.29, 0.717) is 12.5 Å². The van der Waals surface area contributed by atoms with Crippen molar-refractivity contribution in [2.45, 2.75) is 19.3 Å². The minimum atomic E-state index is 0.328. The Morgan fingerprint density at radius 2 is 2.22 bits per heavy atom. The fourth-order valence-corrected chi connectivity index (χ4v) is 1.68. The molecule has 0 aromatic carbocycles. The zero-order valence-electron chi connectivity index (χ0n) is 5.58. The maximum absolute atomic E-state index is 8.81. The third kappa shape index (κ3) is 1.62. The highest BCUT2D eigenvalue weighted by molar-refractivity contribution is 7.80. The molecule has 1 N–H and O–H groups in total. The van der Waals surface area contributed by atoms with Gasteiger partial charge in [-0.2, -0.15) is 12.6 Å². The van der Waals surface area contributed by atoms with Crippen molar-refractivity contribution >= 4 is 12.6 Å². The van der Waals surface area contributed by atoms with Crippen LogP contribution in [0.5, 0.6) is 0 Å². The summed E-state index contributed by atoms with van der Waals surface area (Å²) < 4.78 is 0. The van der Waals surface area contributed by atoms with Crippen LogP contribution in [0.4, 0.5) is 0 Å². The van der Waals surface area contributed by atoms with Gasteiger partial charge in [0.05, 0.1) is 0 Å². The molecular weight excluding hydrogens is 132 g/mol.